The minimum Gasteiger partial charge on any atom is -0.349 e. The number of thiazole rings is 1. The molecule has 3 heterocycles. The minimum absolute atomic E-state index is 0.00637. The smallest absolute Gasteiger partial charge is 0.251 e. The highest BCUT2D eigenvalue weighted by atomic mass is 32.1. The molecular formula is C19H21N5OS. The highest BCUT2D eigenvalue weighted by Crippen LogP contribution is 2.22. The molecule has 1 aromatic carbocycles. The predicted octanol–water partition coefficient (Wildman–Crippen LogP) is 2.79. The standard InChI is InChI=1S/C19H21N5OS/c25-18(16-3-1-15(2-4-16)13-23-11-7-20-14-23)22-17-5-9-24(10-6-17)19-21-8-12-26-19/h1-4,7-8,11-12,14,17H,5-6,9-10,13H2,(H,22,25). The molecular weight excluding hydrogens is 346 g/mol. The predicted molar refractivity (Wildman–Crippen MR) is 103 cm³/mol. The van der Waals surface area contributed by atoms with Crippen molar-refractivity contribution in [2.75, 3.05) is 18.0 Å². The van der Waals surface area contributed by atoms with Crippen LogP contribution in [0.4, 0.5) is 5.13 Å². The summed E-state index contributed by atoms with van der Waals surface area (Å²) in [5, 5.41) is 6.24. The normalized spacial score (nSPS) is 15.2. The van der Waals surface area contributed by atoms with Crippen molar-refractivity contribution in [1.82, 2.24) is 19.9 Å². The number of anilines is 1. The fourth-order valence-corrected chi connectivity index (χ4v) is 3.91. The van der Waals surface area contributed by atoms with Crippen LogP contribution in [0.5, 0.6) is 0 Å². The van der Waals surface area contributed by atoms with Crippen molar-refractivity contribution in [2.24, 2.45) is 0 Å². The van der Waals surface area contributed by atoms with Gasteiger partial charge >= 0.3 is 0 Å². The van der Waals surface area contributed by atoms with E-state index in [0.29, 0.717) is 5.56 Å². The third-order valence-electron chi connectivity index (χ3n) is 4.66. The van der Waals surface area contributed by atoms with Crippen LogP contribution in [0.3, 0.4) is 0 Å². The Morgan fingerprint density at radius 1 is 1.19 bits per heavy atom. The molecule has 0 bridgehead atoms. The number of amides is 1. The molecule has 134 valence electrons. The van der Waals surface area contributed by atoms with Gasteiger partial charge in [-0.15, -0.1) is 11.3 Å². The van der Waals surface area contributed by atoms with Crippen molar-refractivity contribution < 1.29 is 4.79 Å². The molecule has 1 saturated heterocycles. The monoisotopic (exact) mass is 367 g/mol. The largest absolute Gasteiger partial charge is 0.349 e. The van der Waals surface area contributed by atoms with E-state index < -0.39 is 0 Å². The van der Waals surface area contributed by atoms with Crippen LogP contribution in [0.2, 0.25) is 0 Å². The lowest BCUT2D eigenvalue weighted by atomic mass is 10.0. The molecule has 2 aromatic heterocycles. The first kappa shape index (κ1) is 16.8. The van der Waals surface area contributed by atoms with Crippen molar-refractivity contribution >= 4 is 22.4 Å². The van der Waals surface area contributed by atoms with Gasteiger partial charge in [-0.2, -0.15) is 0 Å². The van der Waals surface area contributed by atoms with Crippen molar-refractivity contribution in [3.8, 4) is 0 Å². The summed E-state index contributed by atoms with van der Waals surface area (Å²) < 4.78 is 2.01. The Labute approximate surface area is 156 Å². The summed E-state index contributed by atoms with van der Waals surface area (Å²) in [7, 11) is 0. The third-order valence-corrected chi connectivity index (χ3v) is 5.49. The SMILES string of the molecule is O=C(NC1CCN(c2nccs2)CC1)c1ccc(Cn2ccnc2)cc1. The number of nitrogens with one attached hydrogen (secondary N) is 1. The first-order chi connectivity index (χ1) is 12.8. The lowest BCUT2D eigenvalue weighted by molar-refractivity contribution is 0.0931. The van der Waals surface area contributed by atoms with Crippen LogP contribution in [0, 0.1) is 0 Å². The van der Waals surface area contributed by atoms with Crippen molar-refractivity contribution in [2.45, 2.75) is 25.4 Å². The van der Waals surface area contributed by atoms with Gasteiger partial charge in [-0.3, -0.25) is 4.79 Å². The van der Waals surface area contributed by atoms with E-state index in [1.165, 1.54) is 0 Å². The molecule has 0 spiro atoms. The van der Waals surface area contributed by atoms with Gasteiger partial charge in [-0.1, -0.05) is 12.1 Å². The fourth-order valence-electron chi connectivity index (χ4n) is 3.21. The Bertz CT molecular complexity index is 821. The summed E-state index contributed by atoms with van der Waals surface area (Å²) in [4.78, 5) is 23.2. The molecule has 6 nitrogen and oxygen atoms in total. The molecule has 1 amide bonds. The fraction of sp³-hybridized carbons (Fsp3) is 0.316. The van der Waals surface area contributed by atoms with E-state index in [0.717, 1.165) is 43.2 Å². The highest BCUT2D eigenvalue weighted by molar-refractivity contribution is 7.13. The van der Waals surface area contributed by atoms with Crippen LogP contribution in [0.1, 0.15) is 28.8 Å². The second-order valence-electron chi connectivity index (χ2n) is 6.48. The quantitative estimate of drug-likeness (QED) is 0.753. The molecule has 4 rings (SSSR count). The van der Waals surface area contributed by atoms with Crippen LogP contribution >= 0.6 is 11.3 Å². The van der Waals surface area contributed by atoms with Crippen LogP contribution < -0.4 is 10.2 Å². The maximum atomic E-state index is 12.5. The summed E-state index contributed by atoms with van der Waals surface area (Å²) in [6, 6.07) is 8.02. The zero-order valence-corrected chi connectivity index (χ0v) is 15.2. The summed E-state index contributed by atoms with van der Waals surface area (Å²) in [6.45, 7) is 2.63. The number of hydrogen-bond donors (Lipinski definition) is 1. The van der Waals surface area contributed by atoms with E-state index in [1.807, 2.05) is 46.6 Å². The van der Waals surface area contributed by atoms with Crippen molar-refractivity contribution in [1.29, 1.82) is 0 Å². The number of piperidine rings is 1. The van der Waals surface area contributed by atoms with E-state index in [1.54, 1.807) is 23.9 Å². The van der Waals surface area contributed by atoms with E-state index in [2.05, 4.69) is 20.2 Å². The number of nitrogens with zero attached hydrogens (tertiary/aromatic N) is 4. The summed E-state index contributed by atoms with van der Waals surface area (Å²) >= 11 is 1.67. The van der Waals surface area contributed by atoms with Gasteiger partial charge in [0.15, 0.2) is 5.13 Å². The summed E-state index contributed by atoms with van der Waals surface area (Å²) in [5.41, 5.74) is 1.86. The van der Waals surface area contributed by atoms with Gasteiger partial charge in [0.25, 0.3) is 5.91 Å². The maximum Gasteiger partial charge on any atom is 0.251 e. The lowest BCUT2D eigenvalue weighted by Gasteiger charge is -2.32. The van der Waals surface area contributed by atoms with E-state index in [4.69, 9.17) is 0 Å². The van der Waals surface area contributed by atoms with Gasteiger partial charge in [-0.05, 0) is 30.5 Å². The summed E-state index contributed by atoms with van der Waals surface area (Å²) in [6.07, 6.45) is 9.22. The average molecular weight is 367 g/mol. The van der Waals surface area contributed by atoms with Crippen LogP contribution in [-0.2, 0) is 6.54 Å². The third kappa shape index (κ3) is 3.94. The van der Waals surface area contributed by atoms with E-state index in [9.17, 15) is 4.79 Å². The Morgan fingerprint density at radius 2 is 2.00 bits per heavy atom. The summed E-state index contributed by atoms with van der Waals surface area (Å²) in [5.74, 6) is 0.00637. The molecule has 26 heavy (non-hydrogen) atoms. The number of aromatic nitrogens is 3. The molecule has 1 N–H and O–H groups in total. The van der Waals surface area contributed by atoms with Gasteiger partial charge in [0.2, 0.25) is 0 Å². The van der Waals surface area contributed by atoms with Gasteiger partial charge in [0.05, 0.1) is 6.33 Å². The maximum absolute atomic E-state index is 12.5. The Morgan fingerprint density at radius 3 is 2.65 bits per heavy atom. The van der Waals surface area contributed by atoms with Crippen molar-refractivity contribution in [3.05, 3.63) is 65.7 Å². The van der Waals surface area contributed by atoms with Gasteiger partial charge in [0, 0.05) is 55.2 Å². The molecule has 0 aliphatic carbocycles. The number of carbonyl (C=O) groups excluding carboxylic acids is 1. The first-order valence-corrected chi connectivity index (χ1v) is 9.66. The Balaban J connectivity index is 1.29. The van der Waals surface area contributed by atoms with Gasteiger partial charge in [0.1, 0.15) is 0 Å². The number of hydrogen-bond acceptors (Lipinski definition) is 5. The van der Waals surface area contributed by atoms with Crippen molar-refractivity contribution in [3.63, 3.8) is 0 Å². The van der Waals surface area contributed by atoms with Crippen LogP contribution in [-0.4, -0.2) is 39.6 Å². The number of carbonyl (C=O) groups is 1. The number of benzene rings is 1. The molecule has 0 saturated carbocycles. The van der Waals surface area contributed by atoms with Crippen LogP contribution in [0.25, 0.3) is 0 Å². The molecule has 3 aromatic rings. The van der Waals surface area contributed by atoms with E-state index >= 15 is 0 Å². The highest BCUT2D eigenvalue weighted by Gasteiger charge is 2.22. The zero-order chi connectivity index (χ0) is 17.8. The lowest BCUT2D eigenvalue weighted by Crippen LogP contribution is -2.44. The molecule has 0 unspecified atom stereocenters. The Hall–Kier alpha value is -2.67. The molecule has 1 fully saturated rings. The average Bonchev–Trinajstić information content (AvgIpc) is 3.37. The van der Waals surface area contributed by atoms with Crippen LogP contribution in [0.15, 0.2) is 54.6 Å². The molecule has 0 atom stereocenters. The minimum atomic E-state index is 0.00637. The van der Waals surface area contributed by atoms with Gasteiger partial charge < -0.3 is 14.8 Å². The molecule has 0 radical (unpaired) electrons. The first-order valence-electron chi connectivity index (χ1n) is 8.78. The number of imidazole rings is 1. The van der Waals surface area contributed by atoms with Gasteiger partial charge in [-0.25, -0.2) is 9.97 Å². The second-order valence-corrected chi connectivity index (χ2v) is 7.35. The zero-order valence-electron chi connectivity index (χ0n) is 14.4. The second kappa shape index (κ2) is 7.70. The Kier molecular flexibility index (Phi) is 4.97. The number of rotatable bonds is 5. The topological polar surface area (TPSA) is 63.1 Å². The molecule has 1 aliphatic heterocycles. The molecule has 1 aliphatic rings. The van der Waals surface area contributed by atoms with E-state index in [-0.39, 0.29) is 11.9 Å². The molecule has 7 heteroatoms.